The first-order chi connectivity index (χ1) is 31.8. The van der Waals surface area contributed by atoms with Gasteiger partial charge in [0.05, 0.1) is 40.6 Å². The Morgan fingerprint density at radius 1 is 0.848 bits per heavy atom. The first-order valence-corrected chi connectivity index (χ1v) is 24.0. The third-order valence-electron chi connectivity index (χ3n) is 11.9. The molecule has 66 heavy (non-hydrogen) atoms. The Morgan fingerprint density at radius 3 is 2.35 bits per heavy atom. The highest BCUT2D eigenvalue weighted by Crippen LogP contribution is 2.37. The van der Waals surface area contributed by atoms with Gasteiger partial charge in [0.25, 0.3) is 11.8 Å². The number of piperidine rings is 2. The number of imide groups is 2. The monoisotopic (exact) mass is 916 g/mol. The lowest BCUT2D eigenvalue weighted by Gasteiger charge is -2.31. The summed E-state index contributed by atoms with van der Waals surface area (Å²) in [6.07, 6.45) is 12.9. The molecule has 5 heterocycles. The molecular weight excluding hydrogens is 857 g/mol. The molecule has 4 aromatic rings. The van der Waals surface area contributed by atoms with E-state index in [0.717, 1.165) is 89.3 Å². The van der Waals surface area contributed by atoms with E-state index < -0.39 is 29.7 Å². The van der Waals surface area contributed by atoms with Gasteiger partial charge in [-0.15, -0.1) is 11.3 Å². The minimum atomic E-state index is -1.01. The predicted molar refractivity (Wildman–Crippen MR) is 252 cm³/mol. The number of nitrogen functional groups attached to an aromatic ring is 1. The van der Waals surface area contributed by atoms with Gasteiger partial charge < -0.3 is 24.8 Å². The van der Waals surface area contributed by atoms with Crippen LogP contribution in [0.1, 0.15) is 141 Å². The lowest BCUT2D eigenvalue weighted by Crippen LogP contribution is -2.54. The number of hydrogen-bond donors (Lipinski definition) is 2. The number of hydrogen-bond acceptors (Lipinski definition) is 12. The average Bonchev–Trinajstić information content (AvgIpc) is 3.90. The Labute approximate surface area is 391 Å². The van der Waals surface area contributed by atoms with Crippen molar-refractivity contribution in [3.05, 3.63) is 88.2 Å². The molecule has 2 aromatic heterocycles. The van der Waals surface area contributed by atoms with Crippen LogP contribution in [-0.2, 0) is 25.7 Å². The molecular formula is C51H60N6O8S. The molecule has 348 valence electrons. The number of likely N-dealkylation sites (tertiary alicyclic amines) is 1. The van der Waals surface area contributed by atoms with E-state index in [1.165, 1.54) is 0 Å². The van der Waals surface area contributed by atoms with Gasteiger partial charge in [-0.1, -0.05) is 62.1 Å². The van der Waals surface area contributed by atoms with Crippen LogP contribution in [0.4, 0.5) is 5.82 Å². The number of unbranched alkanes of at least 4 members (excludes halogenated alkanes) is 6. The second kappa shape index (κ2) is 22.4. The fourth-order valence-corrected chi connectivity index (χ4v) is 9.31. The molecule has 0 radical (unpaired) electrons. The first kappa shape index (κ1) is 47.8. The van der Waals surface area contributed by atoms with Crippen LogP contribution < -0.4 is 20.5 Å². The Kier molecular flexibility index (Phi) is 16.2. The molecule has 0 aliphatic carbocycles. The number of fused-ring (bicyclic) bond motifs is 1. The van der Waals surface area contributed by atoms with E-state index in [9.17, 15) is 24.0 Å². The van der Waals surface area contributed by atoms with E-state index in [2.05, 4.69) is 42.9 Å². The number of carbonyl (C=O) groups excluding carboxylic acids is 5. The van der Waals surface area contributed by atoms with Crippen LogP contribution in [0.15, 0.2) is 60.9 Å². The average molecular weight is 917 g/mol. The molecule has 0 bridgehead atoms. The molecule has 5 amide bonds. The van der Waals surface area contributed by atoms with E-state index in [0.29, 0.717) is 69.2 Å². The van der Waals surface area contributed by atoms with Gasteiger partial charge in [0.2, 0.25) is 17.7 Å². The fraction of sp³-hybridized carbons (Fsp3) is 0.471. The maximum absolute atomic E-state index is 13.3. The number of carbonyl (C=O) groups is 5. The summed E-state index contributed by atoms with van der Waals surface area (Å²) in [5, 5.41) is 3.28. The molecule has 2 fully saturated rings. The minimum Gasteiger partial charge on any atom is -0.493 e. The van der Waals surface area contributed by atoms with Crippen molar-refractivity contribution in [2.75, 3.05) is 38.6 Å². The fourth-order valence-electron chi connectivity index (χ4n) is 8.25. The SMILES string of the molecule is CC(C)(C)C#Cc1cccc(COc2cc(-c3cnc(C4CCN(C(=O)CCOCCCCCCCCCOc5cccc6c5C(=O)N(C5CCC(=O)NC5=O)C6=O)CC4)s3)cnc2N)c1. The topological polar surface area (TPSA) is 183 Å². The second-order valence-electron chi connectivity index (χ2n) is 18.1. The number of nitrogens with two attached hydrogens (primary N) is 1. The molecule has 7 rings (SSSR count). The van der Waals surface area contributed by atoms with E-state index in [4.69, 9.17) is 24.9 Å². The lowest BCUT2D eigenvalue weighted by molar-refractivity contribution is -0.136. The Bertz CT molecular complexity index is 2460. The van der Waals surface area contributed by atoms with Gasteiger partial charge in [-0.05, 0) is 88.8 Å². The van der Waals surface area contributed by atoms with E-state index in [1.54, 1.807) is 35.7 Å². The first-order valence-electron chi connectivity index (χ1n) is 23.1. The number of nitrogens with zero attached hydrogens (tertiary/aromatic N) is 4. The van der Waals surface area contributed by atoms with Gasteiger partial charge >= 0.3 is 0 Å². The van der Waals surface area contributed by atoms with Gasteiger partial charge in [0.15, 0.2) is 11.6 Å². The smallest absolute Gasteiger partial charge is 0.266 e. The molecule has 2 aromatic carbocycles. The van der Waals surface area contributed by atoms with Gasteiger partial charge in [0, 0.05) is 61.0 Å². The molecule has 3 aliphatic heterocycles. The van der Waals surface area contributed by atoms with Gasteiger partial charge in [-0.25, -0.2) is 9.97 Å². The summed E-state index contributed by atoms with van der Waals surface area (Å²) in [4.78, 5) is 76.3. The van der Waals surface area contributed by atoms with E-state index >= 15 is 0 Å². The van der Waals surface area contributed by atoms with Crippen molar-refractivity contribution >= 4 is 46.7 Å². The van der Waals surface area contributed by atoms with Crippen LogP contribution in [0.3, 0.4) is 0 Å². The zero-order valence-corrected chi connectivity index (χ0v) is 39.0. The van der Waals surface area contributed by atoms with Crippen LogP contribution in [0.5, 0.6) is 11.5 Å². The normalized spacial score (nSPS) is 16.5. The summed E-state index contributed by atoms with van der Waals surface area (Å²) in [6.45, 7) is 9.48. The zero-order chi connectivity index (χ0) is 46.6. The molecule has 3 N–H and O–H groups in total. The molecule has 1 atom stereocenters. The van der Waals surface area contributed by atoms with Gasteiger partial charge in [-0.3, -0.25) is 34.2 Å². The van der Waals surface area contributed by atoms with Crippen LogP contribution in [0.2, 0.25) is 0 Å². The van der Waals surface area contributed by atoms with Crippen molar-refractivity contribution in [2.45, 2.75) is 116 Å². The Morgan fingerprint density at radius 2 is 1.59 bits per heavy atom. The standard InChI is InChI=1S/C51H60N6O8S/c1-51(2,3)23-19-34-13-11-14-35(29-34)33-65-41-30-37(31-53-46(41)52)42-32-54-48(66-42)36-20-24-56(25-21-36)44(59)22-28-63-26-9-7-5-4-6-8-10-27-64-40-16-12-15-38-45(40)50(62)57(49(38)61)39-17-18-43(58)55-47(39)60/h11-16,29-32,36,39H,4-10,17-18,20-22,24-28,33H2,1-3H3,(H2,52,53)(H,55,58,60). The van der Waals surface area contributed by atoms with Crippen LogP contribution in [-0.4, -0.2) is 88.3 Å². The van der Waals surface area contributed by atoms with Gasteiger partial charge in [-0.2, -0.15) is 0 Å². The third-order valence-corrected chi connectivity index (χ3v) is 13.1. The quantitative estimate of drug-likeness (QED) is 0.0497. The largest absolute Gasteiger partial charge is 0.493 e. The molecule has 0 saturated carbocycles. The Hall–Kier alpha value is -6.11. The molecule has 2 saturated heterocycles. The number of amides is 5. The molecule has 14 nitrogen and oxygen atoms in total. The number of rotatable bonds is 20. The molecule has 15 heteroatoms. The summed E-state index contributed by atoms with van der Waals surface area (Å²) >= 11 is 1.65. The summed E-state index contributed by atoms with van der Waals surface area (Å²) in [5.74, 6) is 5.98. The van der Waals surface area contributed by atoms with Crippen LogP contribution in [0, 0.1) is 17.3 Å². The van der Waals surface area contributed by atoms with Crippen molar-refractivity contribution in [1.29, 1.82) is 0 Å². The van der Waals surface area contributed by atoms with Crippen molar-refractivity contribution in [3.63, 3.8) is 0 Å². The number of benzene rings is 2. The van der Waals surface area contributed by atoms with Crippen molar-refractivity contribution in [3.8, 4) is 33.8 Å². The Balaban J connectivity index is 0.727. The number of pyridine rings is 1. The highest BCUT2D eigenvalue weighted by Gasteiger charge is 2.46. The number of ether oxygens (including phenoxy) is 3. The number of thiazole rings is 1. The molecule has 0 spiro atoms. The van der Waals surface area contributed by atoms with Gasteiger partial charge in [0.1, 0.15) is 18.4 Å². The zero-order valence-electron chi connectivity index (χ0n) is 38.2. The molecule has 3 aliphatic rings. The maximum Gasteiger partial charge on any atom is 0.266 e. The number of aromatic nitrogens is 2. The van der Waals surface area contributed by atoms with E-state index in [1.807, 2.05) is 41.4 Å². The minimum absolute atomic E-state index is 0.0706. The summed E-state index contributed by atoms with van der Waals surface area (Å²) in [5.41, 5.74) is 9.36. The summed E-state index contributed by atoms with van der Waals surface area (Å²) < 4.78 is 17.9. The molecule has 1 unspecified atom stereocenters. The van der Waals surface area contributed by atoms with E-state index in [-0.39, 0.29) is 35.3 Å². The van der Waals surface area contributed by atoms with Crippen LogP contribution in [0.25, 0.3) is 10.4 Å². The summed E-state index contributed by atoms with van der Waals surface area (Å²) in [6, 6.07) is 13.8. The van der Waals surface area contributed by atoms with Crippen LogP contribution >= 0.6 is 11.3 Å². The second-order valence-corrected chi connectivity index (χ2v) is 19.2. The van der Waals surface area contributed by atoms with Crippen molar-refractivity contribution < 1.29 is 38.2 Å². The number of anilines is 1. The van der Waals surface area contributed by atoms with Crippen molar-refractivity contribution in [2.24, 2.45) is 5.41 Å². The third kappa shape index (κ3) is 12.6. The maximum atomic E-state index is 13.3. The van der Waals surface area contributed by atoms with Crippen molar-refractivity contribution in [1.82, 2.24) is 25.1 Å². The number of nitrogens with one attached hydrogen (secondary N) is 1. The predicted octanol–water partition coefficient (Wildman–Crippen LogP) is 8.09. The highest BCUT2D eigenvalue weighted by molar-refractivity contribution is 7.15. The lowest BCUT2D eigenvalue weighted by atomic mass is 9.97. The highest BCUT2D eigenvalue weighted by atomic mass is 32.1. The summed E-state index contributed by atoms with van der Waals surface area (Å²) in [7, 11) is 0.